The number of hydrogen-bond donors (Lipinski definition) is 0. The zero-order valence-corrected chi connectivity index (χ0v) is 13.7. The Morgan fingerprint density at radius 1 is 1.19 bits per heavy atom. The van der Waals surface area contributed by atoms with Crippen LogP contribution >= 0.6 is 0 Å². The van der Waals surface area contributed by atoms with Crippen LogP contribution in [0.2, 0.25) is 0 Å². The standard InChI is InChI=1S/C17H24O3S/c1-17(2)12-6-8-14(16(17)18)9-7-13-21(19,20)15-10-4-3-5-11-15/h3-5,10-11,14H,6-9,12-13H2,1-2H3. The first-order chi connectivity index (χ1) is 9.83. The summed E-state index contributed by atoms with van der Waals surface area (Å²) < 4.78 is 24.4. The topological polar surface area (TPSA) is 51.2 Å². The van der Waals surface area contributed by atoms with Crippen molar-refractivity contribution in [3.8, 4) is 0 Å². The molecule has 116 valence electrons. The lowest BCUT2D eigenvalue weighted by atomic mass is 9.70. The van der Waals surface area contributed by atoms with Crippen LogP contribution in [0, 0.1) is 11.3 Å². The van der Waals surface area contributed by atoms with Gasteiger partial charge in [0.15, 0.2) is 9.84 Å². The Kier molecular flexibility index (Phi) is 4.87. The van der Waals surface area contributed by atoms with Crippen LogP contribution in [0.1, 0.15) is 46.0 Å². The van der Waals surface area contributed by atoms with Crippen molar-refractivity contribution in [3.63, 3.8) is 0 Å². The van der Waals surface area contributed by atoms with Gasteiger partial charge >= 0.3 is 0 Å². The Bertz CT molecular complexity index is 588. The Labute approximate surface area is 127 Å². The minimum atomic E-state index is -3.22. The minimum absolute atomic E-state index is 0.0414. The second kappa shape index (κ2) is 6.30. The lowest BCUT2D eigenvalue weighted by molar-refractivity contribution is -0.134. The van der Waals surface area contributed by atoms with Crippen LogP contribution in [-0.2, 0) is 14.6 Å². The second-order valence-corrected chi connectivity index (χ2v) is 8.72. The van der Waals surface area contributed by atoms with Gasteiger partial charge in [0.1, 0.15) is 5.78 Å². The number of Topliss-reactive ketones (excluding diaryl/α,β-unsaturated/α-hetero) is 1. The fourth-order valence-corrected chi connectivity index (χ4v) is 4.49. The summed E-state index contributed by atoms with van der Waals surface area (Å²) in [5, 5.41) is 0. The molecule has 1 aliphatic carbocycles. The molecule has 0 radical (unpaired) electrons. The van der Waals surface area contributed by atoms with Gasteiger partial charge in [-0.05, 0) is 37.8 Å². The van der Waals surface area contributed by atoms with Crippen LogP contribution in [0.5, 0.6) is 0 Å². The minimum Gasteiger partial charge on any atom is -0.299 e. The predicted molar refractivity (Wildman–Crippen MR) is 83.9 cm³/mol. The highest BCUT2D eigenvalue weighted by molar-refractivity contribution is 7.91. The molecule has 1 aliphatic rings. The molecule has 1 unspecified atom stereocenters. The van der Waals surface area contributed by atoms with Crippen molar-refractivity contribution in [1.29, 1.82) is 0 Å². The molecule has 4 heteroatoms. The van der Waals surface area contributed by atoms with Gasteiger partial charge in [0.05, 0.1) is 10.6 Å². The third-order valence-corrected chi connectivity index (χ3v) is 6.28. The predicted octanol–water partition coefficient (Wildman–Crippen LogP) is 3.64. The van der Waals surface area contributed by atoms with E-state index in [-0.39, 0.29) is 17.1 Å². The van der Waals surface area contributed by atoms with E-state index in [9.17, 15) is 13.2 Å². The van der Waals surface area contributed by atoms with Gasteiger partial charge in [-0.2, -0.15) is 0 Å². The zero-order valence-electron chi connectivity index (χ0n) is 12.8. The first-order valence-corrected chi connectivity index (χ1v) is 9.30. The number of hydrogen-bond acceptors (Lipinski definition) is 3. The molecular weight excluding hydrogens is 284 g/mol. The van der Waals surface area contributed by atoms with E-state index in [0.717, 1.165) is 19.3 Å². The molecule has 0 heterocycles. The first kappa shape index (κ1) is 16.2. The average Bonchev–Trinajstić information content (AvgIpc) is 2.44. The van der Waals surface area contributed by atoms with Gasteiger partial charge < -0.3 is 0 Å². The first-order valence-electron chi connectivity index (χ1n) is 7.65. The molecule has 0 saturated heterocycles. The summed E-state index contributed by atoms with van der Waals surface area (Å²) in [7, 11) is -3.22. The van der Waals surface area contributed by atoms with E-state index >= 15 is 0 Å². The van der Waals surface area contributed by atoms with Crippen LogP contribution in [0.4, 0.5) is 0 Å². The molecule has 3 nitrogen and oxygen atoms in total. The summed E-state index contributed by atoms with van der Waals surface area (Å²) in [6.07, 6.45) is 4.17. The molecule has 1 fully saturated rings. The van der Waals surface area contributed by atoms with E-state index in [4.69, 9.17) is 0 Å². The molecule has 1 atom stereocenters. The molecule has 0 aromatic heterocycles. The van der Waals surface area contributed by atoms with Gasteiger partial charge in [0.25, 0.3) is 0 Å². The van der Waals surface area contributed by atoms with Crippen LogP contribution in [0.25, 0.3) is 0 Å². The molecule has 0 N–H and O–H groups in total. The molecule has 0 aliphatic heterocycles. The van der Waals surface area contributed by atoms with Crippen molar-refractivity contribution in [1.82, 2.24) is 0 Å². The van der Waals surface area contributed by atoms with Crippen LogP contribution in [0.15, 0.2) is 35.2 Å². The van der Waals surface area contributed by atoms with Gasteiger partial charge in [-0.1, -0.05) is 38.5 Å². The van der Waals surface area contributed by atoms with Gasteiger partial charge in [-0.3, -0.25) is 4.79 Å². The quantitative estimate of drug-likeness (QED) is 0.834. The molecule has 1 saturated carbocycles. The normalized spacial score (nSPS) is 22.2. The molecule has 2 rings (SSSR count). The Morgan fingerprint density at radius 2 is 1.86 bits per heavy atom. The summed E-state index contributed by atoms with van der Waals surface area (Å²) in [5.41, 5.74) is -0.235. The summed E-state index contributed by atoms with van der Waals surface area (Å²) in [6.45, 7) is 4.00. The van der Waals surface area contributed by atoms with Crippen molar-refractivity contribution in [2.24, 2.45) is 11.3 Å². The van der Waals surface area contributed by atoms with Crippen molar-refractivity contribution in [2.45, 2.75) is 50.8 Å². The maximum atomic E-state index is 12.3. The maximum Gasteiger partial charge on any atom is 0.178 e. The fourth-order valence-electron chi connectivity index (χ4n) is 3.14. The number of rotatable bonds is 5. The molecule has 21 heavy (non-hydrogen) atoms. The van der Waals surface area contributed by atoms with Crippen LogP contribution in [-0.4, -0.2) is 20.0 Å². The maximum absolute atomic E-state index is 12.3. The summed E-state index contributed by atoms with van der Waals surface area (Å²) in [4.78, 5) is 12.7. The van der Waals surface area contributed by atoms with Gasteiger partial charge in [-0.15, -0.1) is 0 Å². The summed E-state index contributed by atoms with van der Waals surface area (Å²) in [6, 6.07) is 8.54. The van der Waals surface area contributed by atoms with Crippen molar-refractivity contribution >= 4 is 15.6 Å². The number of carbonyl (C=O) groups is 1. The smallest absolute Gasteiger partial charge is 0.178 e. The lowest BCUT2D eigenvalue weighted by Crippen LogP contribution is -2.35. The molecule has 1 aromatic carbocycles. The van der Waals surface area contributed by atoms with E-state index in [1.54, 1.807) is 24.3 Å². The summed E-state index contributed by atoms with van der Waals surface area (Å²) in [5.74, 6) is 0.479. The zero-order chi connectivity index (χ0) is 15.5. The van der Waals surface area contributed by atoms with E-state index in [0.29, 0.717) is 23.5 Å². The lowest BCUT2D eigenvalue weighted by Gasteiger charge is -2.33. The second-order valence-electron chi connectivity index (χ2n) is 6.61. The average molecular weight is 308 g/mol. The number of benzene rings is 1. The Balaban J connectivity index is 1.91. The molecular formula is C17H24O3S. The Morgan fingerprint density at radius 3 is 2.52 bits per heavy atom. The molecule has 0 amide bonds. The van der Waals surface area contributed by atoms with E-state index < -0.39 is 9.84 Å². The highest BCUT2D eigenvalue weighted by Gasteiger charge is 2.36. The highest BCUT2D eigenvalue weighted by atomic mass is 32.2. The number of carbonyl (C=O) groups excluding carboxylic acids is 1. The van der Waals surface area contributed by atoms with E-state index in [1.807, 2.05) is 19.9 Å². The van der Waals surface area contributed by atoms with Crippen molar-refractivity contribution in [2.75, 3.05) is 5.75 Å². The number of ketones is 1. The monoisotopic (exact) mass is 308 g/mol. The third-order valence-electron chi connectivity index (χ3n) is 4.46. The van der Waals surface area contributed by atoms with Gasteiger partial charge in [0.2, 0.25) is 0 Å². The van der Waals surface area contributed by atoms with Gasteiger partial charge in [0, 0.05) is 11.3 Å². The number of sulfone groups is 1. The van der Waals surface area contributed by atoms with Gasteiger partial charge in [-0.25, -0.2) is 8.42 Å². The molecule has 1 aromatic rings. The van der Waals surface area contributed by atoms with Crippen LogP contribution < -0.4 is 0 Å². The third kappa shape index (κ3) is 3.94. The Hall–Kier alpha value is -1.16. The summed E-state index contributed by atoms with van der Waals surface area (Å²) >= 11 is 0. The largest absolute Gasteiger partial charge is 0.299 e. The van der Waals surface area contributed by atoms with Crippen LogP contribution in [0.3, 0.4) is 0 Å². The van der Waals surface area contributed by atoms with E-state index in [1.165, 1.54) is 0 Å². The van der Waals surface area contributed by atoms with Crippen molar-refractivity contribution in [3.05, 3.63) is 30.3 Å². The molecule has 0 spiro atoms. The molecule has 0 bridgehead atoms. The highest BCUT2D eigenvalue weighted by Crippen LogP contribution is 2.37. The SMILES string of the molecule is CC1(C)CCCC(CCCS(=O)(=O)c2ccccc2)C1=O. The van der Waals surface area contributed by atoms with Crippen molar-refractivity contribution < 1.29 is 13.2 Å². The fraction of sp³-hybridized carbons (Fsp3) is 0.588. The van der Waals surface area contributed by atoms with E-state index in [2.05, 4.69) is 0 Å².